The molecule has 6 heteroatoms. The molecule has 142 valence electrons. The van der Waals surface area contributed by atoms with E-state index in [1.54, 1.807) is 14.2 Å². The summed E-state index contributed by atoms with van der Waals surface area (Å²) in [5.74, 6) is 1.23. The first-order valence-corrected chi connectivity index (χ1v) is 9.09. The van der Waals surface area contributed by atoms with Crippen LogP contribution < -0.4 is 14.8 Å². The first-order chi connectivity index (χ1) is 12.5. The van der Waals surface area contributed by atoms with Crippen molar-refractivity contribution in [3.8, 4) is 17.6 Å². The summed E-state index contributed by atoms with van der Waals surface area (Å²) in [5, 5.41) is 12.6. The maximum Gasteiger partial charge on any atom is 0.238 e. The van der Waals surface area contributed by atoms with Gasteiger partial charge in [0.2, 0.25) is 5.91 Å². The molecule has 1 amide bonds. The van der Waals surface area contributed by atoms with E-state index in [0.29, 0.717) is 18.0 Å². The van der Waals surface area contributed by atoms with Gasteiger partial charge >= 0.3 is 0 Å². The van der Waals surface area contributed by atoms with Crippen molar-refractivity contribution >= 4 is 5.91 Å². The second-order valence-electron chi connectivity index (χ2n) is 6.99. The predicted octanol–water partition coefficient (Wildman–Crippen LogP) is 2.87. The van der Waals surface area contributed by atoms with E-state index in [1.807, 2.05) is 37.1 Å². The molecule has 0 radical (unpaired) electrons. The number of para-hydroxylation sites is 1. The van der Waals surface area contributed by atoms with E-state index in [4.69, 9.17) is 9.47 Å². The number of rotatable bonds is 7. The number of likely N-dealkylation sites (N-methyl/N-ethyl adjacent to an activating group) is 1. The summed E-state index contributed by atoms with van der Waals surface area (Å²) in [7, 11) is 5.10. The fourth-order valence-corrected chi connectivity index (χ4v) is 3.44. The summed E-state index contributed by atoms with van der Waals surface area (Å²) >= 11 is 0. The van der Waals surface area contributed by atoms with E-state index in [2.05, 4.69) is 11.4 Å². The molecule has 0 spiro atoms. The summed E-state index contributed by atoms with van der Waals surface area (Å²) in [4.78, 5) is 14.7. The molecule has 1 N–H and O–H groups in total. The molecular formula is C20H29N3O3. The minimum absolute atomic E-state index is 0.113. The molecule has 1 unspecified atom stereocenters. The molecule has 1 aliphatic rings. The maximum atomic E-state index is 12.7. The summed E-state index contributed by atoms with van der Waals surface area (Å²) in [6, 6.07) is 7.68. The lowest BCUT2D eigenvalue weighted by molar-refractivity contribution is -0.127. The zero-order valence-electron chi connectivity index (χ0n) is 16.2. The lowest BCUT2D eigenvalue weighted by Gasteiger charge is -2.34. The highest BCUT2D eigenvalue weighted by atomic mass is 16.5. The molecule has 1 aromatic carbocycles. The second kappa shape index (κ2) is 8.91. The molecule has 0 aliphatic heterocycles. The van der Waals surface area contributed by atoms with Crippen LogP contribution in [0.5, 0.6) is 11.5 Å². The SMILES string of the molecule is COc1cccc(CN(C)C(C)C(=O)NC2(C#N)CCCCC2)c1OC. The molecule has 1 atom stereocenters. The number of nitriles is 1. The number of hydrogen-bond donors (Lipinski definition) is 1. The van der Waals surface area contributed by atoms with Crippen LogP contribution >= 0.6 is 0 Å². The molecule has 1 aromatic rings. The fourth-order valence-electron chi connectivity index (χ4n) is 3.44. The summed E-state index contributed by atoms with van der Waals surface area (Å²) in [6.07, 6.45) is 4.56. The number of benzene rings is 1. The quantitative estimate of drug-likeness (QED) is 0.810. The molecular weight excluding hydrogens is 330 g/mol. The lowest BCUT2D eigenvalue weighted by Crippen LogP contribution is -2.54. The third-order valence-corrected chi connectivity index (χ3v) is 5.23. The molecule has 2 rings (SSSR count). The van der Waals surface area contributed by atoms with Gasteiger partial charge in [-0.1, -0.05) is 31.4 Å². The maximum absolute atomic E-state index is 12.7. The Morgan fingerprint density at radius 1 is 1.31 bits per heavy atom. The van der Waals surface area contributed by atoms with Crippen molar-refractivity contribution in [3.63, 3.8) is 0 Å². The van der Waals surface area contributed by atoms with Crippen LogP contribution in [0.2, 0.25) is 0 Å². The van der Waals surface area contributed by atoms with Gasteiger partial charge in [-0.25, -0.2) is 0 Å². The van der Waals surface area contributed by atoms with Crippen LogP contribution in [0.15, 0.2) is 18.2 Å². The van der Waals surface area contributed by atoms with Crippen LogP contribution in [0.1, 0.15) is 44.6 Å². The number of carbonyl (C=O) groups is 1. The van der Waals surface area contributed by atoms with Crippen molar-refractivity contribution in [2.75, 3.05) is 21.3 Å². The molecule has 0 saturated heterocycles. The van der Waals surface area contributed by atoms with Crippen LogP contribution in [-0.2, 0) is 11.3 Å². The smallest absolute Gasteiger partial charge is 0.238 e. The number of methoxy groups -OCH3 is 2. The topological polar surface area (TPSA) is 74.6 Å². The van der Waals surface area contributed by atoms with Gasteiger partial charge in [0.1, 0.15) is 5.54 Å². The van der Waals surface area contributed by atoms with Gasteiger partial charge in [0.25, 0.3) is 0 Å². The van der Waals surface area contributed by atoms with Gasteiger partial charge in [-0.2, -0.15) is 5.26 Å². The van der Waals surface area contributed by atoms with Crippen LogP contribution in [0.4, 0.5) is 0 Å². The number of nitrogens with zero attached hydrogens (tertiary/aromatic N) is 2. The van der Waals surface area contributed by atoms with E-state index in [1.165, 1.54) is 0 Å². The Hall–Kier alpha value is -2.26. The van der Waals surface area contributed by atoms with E-state index in [9.17, 15) is 10.1 Å². The van der Waals surface area contributed by atoms with Gasteiger partial charge in [-0.15, -0.1) is 0 Å². The van der Waals surface area contributed by atoms with E-state index in [0.717, 1.165) is 37.7 Å². The third-order valence-electron chi connectivity index (χ3n) is 5.23. The largest absolute Gasteiger partial charge is 0.493 e. The van der Waals surface area contributed by atoms with Gasteiger partial charge in [-0.05, 0) is 32.9 Å². The van der Waals surface area contributed by atoms with Gasteiger partial charge in [0.15, 0.2) is 11.5 Å². The molecule has 0 heterocycles. The Morgan fingerprint density at radius 3 is 2.58 bits per heavy atom. The first-order valence-electron chi connectivity index (χ1n) is 9.09. The molecule has 1 aliphatic carbocycles. The van der Waals surface area contributed by atoms with Crippen LogP contribution in [-0.4, -0.2) is 43.7 Å². The van der Waals surface area contributed by atoms with Crippen molar-refractivity contribution in [1.29, 1.82) is 5.26 Å². The number of hydrogen-bond acceptors (Lipinski definition) is 5. The highest BCUT2D eigenvalue weighted by Crippen LogP contribution is 2.32. The molecule has 0 bridgehead atoms. The van der Waals surface area contributed by atoms with Gasteiger partial charge in [0.05, 0.1) is 26.3 Å². The highest BCUT2D eigenvalue weighted by Gasteiger charge is 2.35. The van der Waals surface area contributed by atoms with Crippen molar-refractivity contribution < 1.29 is 14.3 Å². The van der Waals surface area contributed by atoms with Gasteiger partial charge in [-0.3, -0.25) is 9.69 Å². The lowest BCUT2D eigenvalue weighted by atomic mass is 9.82. The van der Waals surface area contributed by atoms with Crippen LogP contribution in [0.25, 0.3) is 0 Å². The normalized spacial score (nSPS) is 17.2. The second-order valence-corrected chi connectivity index (χ2v) is 6.99. The summed E-state index contributed by atoms with van der Waals surface area (Å²) < 4.78 is 10.8. The number of nitrogens with one attached hydrogen (secondary N) is 1. The Kier molecular flexibility index (Phi) is 6.87. The van der Waals surface area contributed by atoms with Crippen molar-refractivity contribution in [2.24, 2.45) is 0 Å². The number of carbonyl (C=O) groups excluding carboxylic acids is 1. The van der Waals surface area contributed by atoms with Gasteiger partial charge < -0.3 is 14.8 Å². The van der Waals surface area contributed by atoms with Gasteiger partial charge in [0, 0.05) is 12.1 Å². The first kappa shape index (κ1) is 20.1. The van der Waals surface area contributed by atoms with E-state index in [-0.39, 0.29) is 11.9 Å². The highest BCUT2D eigenvalue weighted by molar-refractivity contribution is 5.82. The predicted molar refractivity (Wildman–Crippen MR) is 100 cm³/mol. The summed E-state index contributed by atoms with van der Waals surface area (Å²) in [5.41, 5.74) is 0.236. The molecule has 26 heavy (non-hydrogen) atoms. The minimum atomic E-state index is -0.710. The van der Waals surface area contributed by atoms with Crippen molar-refractivity contribution in [2.45, 2.75) is 57.2 Å². The van der Waals surface area contributed by atoms with Crippen molar-refractivity contribution in [3.05, 3.63) is 23.8 Å². The average Bonchev–Trinajstić information content (AvgIpc) is 2.67. The zero-order chi connectivity index (χ0) is 19.2. The average molecular weight is 359 g/mol. The standard InChI is InChI=1S/C20H29N3O3/c1-15(19(24)22-20(14-21)11-6-5-7-12-20)23(2)13-16-9-8-10-17(25-3)18(16)26-4/h8-10,15H,5-7,11-13H2,1-4H3,(H,22,24). The number of ether oxygens (including phenoxy) is 2. The fraction of sp³-hybridized carbons (Fsp3) is 0.600. The van der Waals surface area contributed by atoms with Crippen molar-refractivity contribution in [1.82, 2.24) is 10.2 Å². The van der Waals surface area contributed by atoms with E-state index < -0.39 is 5.54 Å². The Bertz CT molecular complexity index is 663. The molecule has 6 nitrogen and oxygen atoms in total. The third kappa shape index (κ3) is 4.47. The number of amides is 1. The van der Waals surface area contributed by atoms with Crippen LogP contribution in [0, 0.1) is 11.3 Å². The zero-order valence-corrected chi connectivity index (χ0v) is 16.2. The molecule has 0 aromatic heterocycles. The van der Waals surface area contributed by atoms with E-state index >= 15 is 0 Å². The monoisotopic (exact) mass is 359 g/mol. The van der Waals surface area contributed by atoms with Crippen LogP contribution in [0.3, 0.4) is 0 Å². The molecule has 1 saturated carbocycles. The molecule has 1 fully saturated rings. The minimum Gasteiger partial charge on any atom is -0.493 e. The Balaban J connectivity index is 2.06. The Morgan fingerprint density at radius 2 is 2.00 bits per heavy atom. The summed E-state index contributed by atoms with van der Waals surface area (Å²) in [6.45, 7) is 2.39. The Labute approximate surface area is 156 Å².